The van der Waals surface area contributed by atoms with E-state index in [2.05, 4.69) is 0 Å². The van der Waals surface area contributed by atoms with E-state index in [1.54, 1.807) is 4.31 Å². The summed E-state index contributed by atoms with van der Waals surface area (Å²) in [7, 11) is -3.12. The van der Waals surface area contributed by atoms with Crippen molar-refractivity contribution in [3.8, 4) is 0 Å². The van der Waals surface area contributed by atoms with Gasteiger partial charge in [-0.05, 0) is 32.1 Å². The molecule has 22 heavy (non-hydrogen) atoms. The Hall–Kier alpha value is -0.620. The number of nitrogens with zero attached hydrogens (tertiary/aromatic N) is 2. The number of likely N-dealkylation sites (tertiary alicyclic amines) is 1. The largest absolute Gasteiger partial charge is 0.342 e. The number of rotatable bonds is 5. The molecule has 0 bridgehead atoms. The average Bonchev–Trinajstić information content (AvgIpc) is 2.81. The summed E-state index contributed by atoms with van der Waals surface area (Å²) < 4.78 is 26.0. The average molecular weight is 330 g/mol. The van der Waals surface area contributed by atoms with Gasteiger partial charge in [-0.15, -0.1) is 0 Å². The number of amides is 1. The molecule has 2 rings (SSSR count). The van der Waals surface area contributed by atoms with E-state index in [4.69, 9.17) is 0 Å². The Morgan fingerprint density at radius 1 is 1.00 bits per heavy atom. The highest BCUT2D eigenvalue weighted by molar-refractivity contribution is 7.89. The molecular weight excluding hydrogens is 300 g/mol. The zero-order valence-corrected chi connectivity index (χ0v) is 14.6. The smallest absolute Gasteiger partial charge is 0.225 e. The maximum Gasteiger partial charge on any atom is 0.225 e. The first-order valence-electron chi connectivity index (χ1n) is 8.81. The zero-order valence-electron chi connectivity index (χ0n) is 13.8. The summed E-state index contributed by atoms with van der Waals surface area (Å²) in [5.41, 5.74) is 0. The van der Waals surface area contributed by atoms with Crippen LogP contribution in [0.25, 0.3) is 0 Å². The zero-order chi connectivity index (χ0) is 16.0. The summed E-state index contributed by atoms with van der Waals surface area (Å²) in [5, 5.41) is 0. The molecule has 0 N–H and O–H groups in total. The second-order valence-corrected chi connectivity index (χ2v) is 8.67. The highest BCUT2D eigenvalue weighted by Crippen LogP contribution is 2.23. The van der Waals surface area contributed by atoms with Crippen molar-refractivity contribution in [3.05, 3.63) is 0 Å². The number of sulfonamides is 1. The molecule has 2 aliphatic rings. The van der Waals surface area contributed by atoms with Crippen LogP contribution in [0.15, 0.2) is 0 Å². The number of unbranched alkanes of at least 4 members (excludes halogenated alkanes) is 1. The van der Waals surface area contributed by atoms with Gasteiger partial charge >= 0.3 is 0 Å². The number of piperidine rings is 1. The van der Waals surface area contributed by atoms with E-state index in [1.807, 2.05) is 11.8 Å². The first kappa shape index (κ1) is 17.7. The van der Waals surface area contributed by atoms with Crippen LogP contribution in [0.5, 0.6) is 0 Å². The fraction of sp³-hybridized carbons (Fsp3) is 0.938. The topological polar surface area (TPSA) is 57.7 Å². The van der Waals surface area contributed by atoms with Gasteiger partial charge in [0.25, 0.3) is 0 Å². The molecule has 6 heteroatoms. The van der Waals surface area contributed by atoms with Gasteiger partial charge in [-0.1, -0.05) is 26.2 Å². The van der Waals surface area contributed by atoms with E-state index in [1.165, 1.54) is 12.8 Å². The van der Waals surface area contributed by atoms with Gasteiger partial charge < -0.3 is 4.90 Å². The van der Waals surface area contributed by atoms with Crippen molar-refractivity contribution in [3.63, 3.8) is 0 Å². The van der Waals surface area contributed by atoms with Crippen LogP contribution in [-0.4, -0.2) is 55.5 Å². The van der Waals surface area contributed by atoms with E-state index in [-0.39, 0.29) is 17.6 Å². The summed E-state index contributed by atoms with van der Waals surface area (Å²) in [6.07, 6.45) is 7.63. The van der Waals surface area contributed by atoms with Gasteiger partial charge in [0.1, 0.15) is 0 Å². The van der Waals surface area contributed by atoms with Crippen molar-refractivity contribution in [2.24, 2.45) is 5.92 Å². The minimum absolute atomic E-state index is 0.0238. The Morgan fingerprint density at radius 3 is 2.14 bits per heavy atom. The van der Waals surface area contributed by atoms with Crippen LogP contribution in [0.4, 0.5) is 0 Å². The summed E-state index contributed by atoms with van der Waals surface area (Å²) in [4.78, 5) is 14.6. The molecule has 0 aromatic heterocycles. The van der Waals surface area contributed by atoms with Gasteiger partial charge in [0.15, 0.2) is 0 Å². The SMILES string of the molecule is CCCCS(=O)(=O)N1CCC(C(=O)N2CCCCCC2)CC1. The monoisotopic (exact) mass is 330 g/mol. The van der Waals surface area contributed by atoms with Crippen molar-refractivity contribution < 1.29 is 13.2 Å². The van der Waals surface area contributed by atoms with Crippen LogP contribution in [0, 0.1) is 5.92 Å². The van der Waals surface area contributed by atoms with Gasteiger partial charge in [-0.3, -0.25) is 4.79 Å². The number of hydrogen-bond acceptors (Lipinski definition) is 3. The van der Waals surface area contributed by atoms with Crippen LogP contribution in [0.3, 0.4) is 0 Å². The molecule has 0 atom stereocenters. The predicted octanol–water partition coefficient (Wildman–Crippen LogP) is 2.23. The van der Waals surface area contributed by atoms with Crippen molar-refractivity contribution in [2.45, 2.75) is 58.3 Å². The highest BCUT2D eigenvalue weighted by atomic mass is 32.2. The number of hydrogen-bond donors (Lipinski definition) is 0. The van der Waals surface area contributed by atoms with Gasteiger partial charge in [-0.25, -0.2) is 12.7 Å². The Bertz CT molecular complexity index is 448. The summed E-state index contributed by atoms with van der Waals surface area (Å²) in [6, 6.07) is 0. The van der Waals surface area contributed by atoms with Crippen LogP contribution in [-0.2, 0) is 14.8 Å². The standard InChI is InChI=1S/C16H30N2O3S/c1-2-3-14-22(20,21)18-12-8-15(9-13-18)16(19)17-10-6-4-5-7-11-17/h15H,2-14H2,1H3. The second kappa shape index (κ2) is 8.29. The molecule has 2 heterocycles. The molecule has 2 fully saturated rings. The maximum atomic E-state index is 12.6. The maximum absolute atomic E-state index is 12.6. The molecule has 2 saturated heterocycles. The number of carbonyl (C=O) groups excluding carboxylic acids is 1. The second-order valence-electron chi connectivity index (χ2n) is 6.58. The first-order chi connectivity index (χ1) is 10.5. The third-order valence-corrected chi connectivity index (χ3v) is 6.83. The fourth-order valence-corrected chi connectivity index (χ4v) is 5.06. The molecule has 0 saturated carbocycles. The van der Waals surface area contributed by atoms with E-state index >= 15 is 0 Å². The lowest BCUT2D eigenvalue weighted by Crippen LogP contribution is -2.45. The Kier molecular flexibility index (Phi) is 6.68. The summed E-state index contributed by atoms with van der Waals surface area (Å²) in [6.45, 7) is 4.79. The fourth-order valence-electron chi connectivity index (χ4n) is 3.39. The van der Waals surface area contributed by atoms with Crippen LogP contribution >= 0.6 is 0 Å². The minimum Gasteiger partial charge on any atom is -0.342 e. The van der Waals surface area contributed by atoms with E-state index in [0.29, 0.717) is 25.9 Å². The van der Waals surface area contributed by atoms with E-state index < -0.39 is 10.0 Å². The third kappa shape index (κ3) is 4.69. The van der Waals surface area contributed by atoms with Crippen LogP contribution in [0.1, 0.15) is 58.3 Å². The molecule has 0 aromatic carbocycles. The summed E-state index contributed by atoms with van der Waals surface area (Å²) in [5.74, 6) is 0.525. The predicted molar refractivity (Wildman–Crippen MR) is 88.0 cm³/mol. The lowest BCUT2D eigenvalue weighted by Gasteiger charge is -2.33. The molecule has 128 valence electrons. The Labute approximate surface area is 135 Å². The van der Waals surface area contributed by atoms with Gasteiger partial charge in [-0.2, -0.15) is 0 Å². The summed E-state index contributed by atoms with van der Waals surface area (Å²) >= 11 is 0. The van der Waals surface area contributed by atoms with Crippen molar-refractivity contribution >= 4 is 15.9 Å². The van der Waals surface area contributed by atoms with Crippen LogP contribution in [0.2, 0.25) is 0 Å². The molecule has 1 amide bonds. The molecule has 0 radical (unpaired) electrons. The molecular formula is C16H30N2O3S. The normalized spacial score (nSPS) is 22.5. The molecule has 5 nitrogen and oxygen atoms in total. The third-order valence-electron chi connectivity index (χ3n) is 4.87. The van der Waals surface area contributed by atoms with Crippen molar-refractivity contribution in [1.82, 2.24) is 9.21 Å². The van der Waals surface area contributed by atoms with Crippen molar-refractivity contribution in [1.29, 1.82) is 0 Å². The van der Waals surface area contributed by atoms with E-state index in [0.717, 1.165) is 38.8 Å². The van der Waals surface area contributed by atoms with Gasteiger partial charge in [0.2, 0.25) is 15.9 Å². The first-order valence-corrected chi connectivity index (χ1v) is 10.4. The minimum atomic E-state index is -3.12. The van der Waals surface area contributed by atoms with Gasteiger partial charge in [0, 0.05) is 32.1 Å². The van der Waals surface area contributed by atoms with Crippen molar-refractivity contribution in [2.75, 3.05) is 31.9 Å². The molecule has 0 unspecified atom stereocenters. The lowest BCUT2D eigenvalue weighted by molar-refractivity contribution is -0.136. The molecule has 0 spiro atoms. The van der Waals surface area contributed by atoms with Gasteiger partial charge in [0.05, 0.1) is 5.75 Å². The molecule has 0 aromatic rings. The molecule has 0 aliphatic carbocycles. The highest BCUT2D eigenvalue weighted by Gasteiger charge is 2.32. The Morgan fingerprint density at radius 2 is 1.59 bits per heavy atom. The van der Waals surface area contributed by atoms with E-state index in [9.17, 15) is 13.2 Å². The van der Waals surface area contributed by atoms with Crippen LogP contribution < -0.4 is 0 Å². The quantitative estimate of drug-likeness (QED) is 0.777. The Balaban J connectivity index is 1.84. The lowest BCUT2D eigenvalue weighted by atomic mass is 9.96. The number of carbonyl (C=O) groups is 1. The molecule has 2 aliphatic heterocycles.